The zero-order valence-corrected chi connectivity index (χ0v) is 22.3. The summed E-state index contributed by atoms with van der Waals surface area (Å²) in [6.07, 6.45) is 5.21. The summed E-state index contributed by atoms with van der Waals surface area (Å²) in [5.41, 5.74) is -1.59. The van der Waals surface area contributed by atoms with Crippen LogP contribution in [0.4, 0.5) is 15.8 Å². The van der Waals surface area contributed by atoms with Crippen molar-refractivity contribution in [3.8, 4) is 5.75 Å². The van der Waals surface area contributed by atoms with Crippen molar-refractivity contribution in [3.63, 3.8) is 0 Å². The molecule has 1 heterocycles. The number of halogens is 1. The van der Waals surface area contributed by atoms with Crippen molar-refractivity contribution in [3.05, 3.63) is 42.5 Å². The summed E-state index contributed by atoms with van der Waals surface area (Å²) in [5, 5.41) is 9.11. The van der Waals surface area contributed by atoms with Crippen molar-refractivity contribution in [2.24, 2.45) is 5.41 Å². The van der Waals surface area contributed by atoms with E-state index in [0.717, 1.165) is 31.9 Å². The molecule has 0 saturated carbocycles. The Morgan fingerprint density at radius 1 is 1.26 bits per heavy atom. The number of sulfone groups is 1. The maximum Gasteiger partial charge on any atom is 0.344 e. The molecule has 35 heavy (non-hydrogen) atoms. The number of hydrogen-bond acceptors (Lipinski definition) is 6. The molecule has 0 fully saturated rings. The predicted molar refractivity (Wildman–Crippen MR) is 139 cm³/mol. The standard InChI is InChI=1S/C26H34FNO5S2/c1-5-7-13-26(6-2)16-28(19-11-9-8-10-12-19)20-14-22(34-4)21(15-23(20)35(31,32)18-26)33-17-25(3,27)24(29)30/h8-12,14-15H,5-7,13,16-18H2,1-4H3,(H,29,30)/t25-,26-/m1/s1. The van der Waals surface area contributed by atoms with Gasteiger partial charge in [-0.15, -0.1) is 11.8 Å². The SMILES string of the molecule is CCCC[C@]1(CC)CN(c2ccccc2)c2cc(SC)c(OC[C@@](C)(F)C(=O)O)cc2S(=O)(=O)C1. The lowest BCUT2D eigenvalue weighted by atomic mass is 9.81. The van der Waals surface area contributed by atoms with Crippen LogP contribution in [0.3, 0.4) is 0 Å². The van der Waals surface area contributed by atoms with Crippen LogP contribution in [0.25, 0.3) is 0 Å². The number of alkyl halides is 1. The lowest BCUT2D eigenvalue weighted by Crippen LogP contribution is -2.37. The molecule has 192 valence electrons. The molecule has 0 spiro atoms. The highest BCUT2D eigenvalue weighted by Crippen LogP contribution is 2.47. The number of hydrogen-bond donors (Lipinski definition) is 1. The summed E-state index contributed by atoms with van der Waals surface area (Å²) < 4.78 is 47.6. The molecule has 0 aromatic heterocycles. The fraction of sp³-hybridized carbons (Fsp3) is 0.500. The summed E-state index contributed by atoms with van der Waals surface area (Å²) in [7, 11) is -3.73. The minimum atomic E-state index is -3.73. The third kappa shape index (κ3) is 5.94. The Kier molecular flexibility index (Phi) is 8.42. The molecule has 3 rings (SSSR count). The average molecular weight is 524 g/mol. The van der Waals surface area contributed by atoms with Crippen molar-refractivity contribution < 1.29 is 27.4 Å². The van der Waals surface area contributed by atoms with Crippen LogP contribution in [-0.4, -0.2) is 50.3 Å². The zero-order chi connectivity index (χ0) is 25.9. The van der Waals surface area contributed by atoms with Gasteiger partial charge < -0.3 is 14.7 Å². The van der Waals surface area contributed by atoms with Crippen molar-refractivity contribution in [2.45, 2.75) is 61.9 Å². The fourth-order valence-corrected chi connectivity index (χ4v) is 7.14. The van der Waals surface area contributed by atoms with Gasteiger partial charge in [0.2, 0.25) is 5.67 Å². The van der Waals surface area contributed by atoms with Crippen LogP contribution >= 0.6 is 11.8 Å². The maximum atomic E-state index is 14.4. The van der Waals surface area contributed by atoms with E-state index in [-0.39, 0.29) is 16.4 Å². The van der Waals surface area contributed by atoms with Gasteiger partial charge in [0.25, 0.3) is 0 Å². The fourth-order valence-electron chi connectivity index (χ4n) is 4.42. The first-order chi connectivity index (χ1) is 16.5. The second-order valence-electron chi connectivity index (χ2n) is 9.40. The van der Waals surface area contributed by atoms with Gasteiger partial charge >= 0.3 is 5.97 Å². The Morgan fingerprint density at radius 2 is 1.94 bits per heavy atom. The number of fused-ring (bicyclic) bond motifs is 1. The molecule has 1 aliphatic rings. The first-order valence-electron chi connectivity index (χ1n) is 11.8. The Bertz CT molecular complexity index is 1150. The van der Waals surface area contributed by atoms with E-state index in [2.05, 4.69) is 11.8 Å². The Hall–Kier alpha value is -2.26. The number of anilines is 2. The van der Waals surface area contributed by atoms with Crippen LogP contribution in [0.2, 0.25) is 0 Å². The highest BCUT2D eigenvalue weighted by atomic mass is 32.2. The number of para-hydroxylation sites is 1. The van der Waals surface area contributed by atoms with E-state index in [1.54, 1.807) is 6.07 Å². The van der Waals surface area contributed by atoms with Gasteiger partial charge in [-0.1, -0.05) is 44.9 Å². The Labute approximate surface area is 211 Å². The molecule has 0 radical (unpaired) electrons. The van der Waals surface area contributed by atoms with E-state index in [0.29, 0.717) is 23.5 Å². The van der Waals surface area contributed by atoms with Gasteiger partial charge in [0.05, 0.1) is 21.2 Å². The van der Waals surface area contributed by atoms with Crippen molar-refractivity contribution >= 4 is 38.9 Å². The predicted octanol–water partition coefficient (Wildman–Crippen LogP) is 6.11. The van der Waals surface area contributed by atoms with Crippen LogP contribution < -0.4 is 9.64 Å². The minimum Gasteiger partial charge on any atom is -0.488 e. The van der Waals surface area contributed by atoms with Gasteiger partial charge in [0, 0.05) is 23.7 Å². The largest absolute Gasteiger partial charge is 0.488 e. The molecule has 9 heteroatoms. The number of rotatable bonds is 10. The van der Waals surface area contributed by atoms with Crippen LogP contribution in [0, 0.1) is 5.41 Å². The summed E-state index contributed by atoms with van der Waals surface area (Å²) in [4.78, 5) is 14.0. The number of ether oxygens (including phenoxy) is 1. The molecule has 0 saturated heterocycles. The molecule has 0 amide bonds. The second kappa shape index (κ2) is 10.8. The number of aliphatic carboxylic acids is 1. The molecule has 0 unspecified atom stereocenters. The lowest BCUT2D eigenvalue weighted by Gasteiger charge is -2.36. The normalized spacial score (nSPS) is 21.0. The summed E-state index contributed by atoms with van der Waals surface area (Å²) in [6, 6.07) is 12.9. The van der Waals surface area contributed by atoms with Gasteiger partial charge in [-0.3, -0.25) is 0 Å². The topological polar surface area (TPSA) is 83.9 Å². The molecular weight excluding hydrogens is 489 g/mol. The molecule has 0 bridgehead atoms. The number of nitrogens with zero attached hydrogens (tertiary/aromatic N) is 1. The highest BCUT2D eigenvalue weighted by Gasteiger charge is 2.42. The zero-order valence-electron chi connectivity index (χ0n) is 20.7. The Morgan fingerprint density at radius 3 is 2.51 bits per heavy atom. The molecule has 1 N–H and O–H groups in total. The number of benzene rings is 2. The molecule has 1 aliphatic heterocycles. The molecule has 6 nitrogen and oxygen atoms in total. The highest BCUT2D eigenvalue weighted by molar-refractivity contribution is 7.98. The summed E-state index contributed by atoms with van der Waals surface area (Å²) in [5.74, 6) is -1.47. The second-order valence-corrected chi connectivity index (χ2v) is 12.2. The van der Waals surface area contributed by atoms with E-state index in [1.165, 1.54) is 17.8 Å². The van der Waals surface area contributed by atoms with Gasteiger partial charge in [-0.05, 0) is 44.2 Å². The van der Waals surface area contributed by atoms with Gasteiger partial charge in [-0.25, -0.2) is 17.6 Å². The first-order valence-corrected chi connectivity index (χ1v) is 14.7. The minimum absolute atomic E-state index is 0.000834. The molecular formula is C26H34FNO5S2. The van der Waals surface area contributed by atoms with E-state index in [9.17, 15) is 17.6 Å². The van der Waals surface area contributed by atoms with Gasteiger partial charge in [0.15, 0.2) is 9.84 Å². The van der Waals surface area contributed by atoms with Gasteiger partial charge in [0.1, 0.15) is 12.4 Å². The molecule has 0 aliphatic carbocycles. The third-order valence-corrected chi connectivity index (χ3v) is 9.43. The van der Waals surface area contributed by atoms with Crippen molar-refractivity contribution in [1.29, 1.82) is 0 Å². The number of carboxylic acid groups (broad SMARTS) is 1. The van der Waals surface area contributed by atoms with Crippen molar-refractivity contribution in [1.82, 2.24) is 0 Å². The van der Waals surface area contributed by atoms with Crippen LogP contribution in [-0.2, 0) is 14.6 Å². The third-order valence-electron chi connectivity index (χ3n) is 6.68. The number of carbonyl (C=O) groups is 1. The monoisotopic (exact) mass is 523 g/mol. The summed E-state index contributed by atoms with van der Waals surface area (Å²) in [6.45, 7) is 4.89. The number of thioether (sulfide) groups is 1. The maximum absolute atomic E-state index is 14.4. The number of unbranched alkanes of at least 4 members (excludes halogenated alkanes) is 1. The van der Waals surface area contributed by atoms with E-state index >= 15 is 0 Å². The molecule has 2 atom stereocenters. The van der Waals surface area contributed by atoms with Gasteiger partial charge in [-0.2, -0.15) is 0 Å². The van der Waals surface area contributed by atoms with Crippen LogP contribution in [0.15, 0.2) is 52.3 Å². The van der Waals surface area contributed by atoms with E-state index in [4.69, 9.17) is 9.84 Å². The Balaban J connectivity index is 2.19. The van der Waals surface area contributed by atoms with Crippen LogP contribution in [0.1, 0.15) is 46.5 Å². The first kappa shape index (κ1) is 27.3. The quantitative estimate of drug-likeness (QED) is 0.376. The van der Waals surface area contributed by atoms with E-state index in [1.807, 2.05) is 43.5 Å². The molecule has 2 aromatic rings. The lowest BCUT2D eigenvalue weighted by molar-refractivity contribution is -0.151. The van der Waals surface area contributed by atoms with Crippen LogP contribution in [0.5, 0.6) is 5.75 Å². The smallest absolute Gasteiger partial charge is 0.344 e. The van der Waals surface area contributed by atoms with E-state index < -0.39 is 33.5 Å². The number of carboxylic acids is 1. The summed E-state index contributed by atoms with van der Waals surface area (Å²) >= 11 is 1.33. The van der Waals surface area contributed by atoms with Crippen molar-refractivity contribution in [2.75, 3.05) is 30.1 Å². The average Bonchev–Trinajstić information content (AvgIpc) is 2.93. The molecule has 2 aromatic carbocycles.